The summed E-state index contributed by atoms with van der Waals surface area (Å²) in [4.78, 5) is 0. The molecule has 3 nitrogen and oxygen atoms in total. The predicted molar refractivity (Wildman–Crippen MR) is 69.8 cm³/mol. The number of benzene rings is 1. The van der Waals surface area contributed by atoms with Gasteiger partial charge in [0.2, 0.25) is 0 Å². The van der Waals surface area contributed by atoms with Gasteiger partial charge in [0.15, 0.2) is 0 Å². The van der Waals surface area contributed by atoms with Gasteiger partial charge in [-0.1, -0.05) is 18.2 Å². The van der Waals surface area contributed by atoms with Gasteiger partial charge in [0.1, 0.15) is 5.82 Å². The van der Waals surface area contributed by atoms with Crippen molar-refractivity contribution < 1.29 is 4.39 Å². The third kappa shape index (κ3) is 2.29. The molecule has 0 amide bonds. The fraction of sp³-hybridized carbons (Fsp3) is 0.357. The number of hydrogen-bond donors (Lipinski definition) is 1. The molecule has 0 aliphatic rings. The minimum atomic E-state index is -0.201. The van der Waals surface area contributed by atoms with Crippen LogP contribution in [0.25, 0.3) is 0 Å². The number of nitrogens with two attached hydrogens (primary N) is 1. The van der Waals surface area contributed by atoms with Gasteiger partial charge in [-0.25, -0.2) is 4.39 Å². The Morgan fingerprint density at radius 1 is 1.33 bits per heavy atom. The summed E-state index contributed by atoms with van der Waals surface area (Å²) in [5, 5.41) is 4.44. The third-order valence-electron chi connectivity index (χ3n) is 3.17. The van der Waals surface area contributed by atoms with Crippen LogP contribution in [0, 0.1) is 19.7 Å². The molecular weight excluding hydrogens is 229 g/mol. The van der Waals surface area contributed by atoms with E-state index in [0.717, 1.165) is 17.0 Å². The van der Waals surface area contributed by atoms with Gasteiger partial charge in [-0.15, -0.1) is 0 Å². The van der Waals surface area contributed by atoms with Crippen molar-refractivity contribution in [3.8, 4) is 0 Å². The van der Waals surface area contributed by atoms with E-state index in [1.807, 2.05) is 31.5 Å². The van der Waals surface area contributed by atoms with E-state index in [4.69, 9.17) is 5.73 Å². The Morgan fingerprint density at radius 2 is 2.00 bits per heavy atom. The molecule has 1 unspecified atom stereocenters. The van der Waals surface area contributed by atoms with Gasteiger partial charge in [-0.05, 0) is 26.8 Å². The molecule has 0 aliphatic carbocycles. The lowest BCUT2D eigenvalue weighted by Crippen LogP contribution is -2.09. The number of aromatic nitrogens is 2. The summed E-state index contributed by atoms with van der Waals surface area (Å²) in [6.45, 7) is 6.28. The molecule has 0 fully saturated rings. The van der Waals surface area contributed by atoms with Crippen LogP contribution in [0.5, 0.6) is 0 Å². The zero-order valence-electron chi connectivity index (χ0n) is 10.9. The summed E-state index contributed by atoms with van der Waals surface area (Å²) in [5.41, 5.74) is 9.53. The van der Waals surface area contributed by atoms with Crippen molar-refractivity contribution in [1.82, 2.24) is 9.78 Å². The summed E-state index contributed by atoms with van der Waals surface area (Å²) in [6.07, 6.45) is 0. The van der Waals surface area contributed by atoms with E-state index in [1.54, 1.807) is 12.1 Å². The number of rotatable bonds is 3. The fourth-order valence-electron chi connectivity index (χ4n) is 2.31. The summed E-state index contributed by atoms with van der Waals surface area (Å²) < 4.78 is 15.4. The normalized spacial score (nSPS) is 12.7. The van der Waals surface area contributed by atoms with Crippen LogP contribution in [0.15, 0.2) is 24.3 Å². The van der Waals surface area contributed by atoms with Crippen molar-refractivity contribution in [2.75, 3.05) is 0 Å². The molecule has 18 heavy (non-hydrogen) atoms. The molecule has 0 saturated heterocycles. The Labute approximate surface area is 106 Å². The van der Waals surface area contributed by atoms with Crippen LogP contribution < -0.4 is 5.73 Å². The van der Waals surface area contributed by atoms with Crippen LogP contribution in [0.1, 0.15) is 35.5 Å². The molecule has 0 aliphatic heterocycles. The van der Waals surface area contributed by atoms with E-state index in [-0.39, 0.29) is 11.9 Å². The molecular formula is C14H18FN3. The molecule has 0 saturated carbocycles. The number of halogens is 1. The Kier molecular flexibility index (Phi) is 3.48. The van der Waals surface area contributed by atoms with E-state index < -0.39 is 0 Å². The first kappa shape index (κ1) is 12.8. The molecule has 0 radical (unpaired) electrons. The lowest BCUT2D eigenvalue weighted by molar-refractivity contribution is 0.578. The average Bonchev–Trinajstić information content (AvgIpc) is 2.57. The van der Waals surface area contributed by atoms with Crippen LogP contribution >= 0.6 is 0 Å². The largest absolute Gasteiger partial charge is 0.324 e. The van der Waals surface area contributed by atoms with Crippen molar-refractivity contribution in [3.63, 3.8) is 0 Å². The van der Waals surface area contributed by atoms with Crippen LogP contribution in [0.4, 0.5) is 4.39 Å². The van der Waals surface area contributed by atoms with Crippen molar-refractivity contribution in [2.24, 2.45) is 5.73 Å². The van der Waals surface area contributed by atoms with Gasteiger partial charge in [0.25, 0.3) is 0 Å². The Bertz CT molecular complexity index is 558. The minimum absolute atomic E-state index is 0.0561. The van der Waals surface area contributed by atoms with Gasteiger partial charge in [0.05, 0.1) is 12.2 Å². The SMILES string of the molecule is Cc1nn(Cc2ccccc2F)c(C)c1C(C)N. The number of nitrogens with zero attached hydrogens (tertiary/aromatic N) is 2. The predicted octanol–water partition coefficient (Wildman–Crippen LogP) is 2.71. The van der Waals surface area contributed by atoms with Crippen molar-refractivity contribution >= 4 is 0 Å². The van der Waals surface area contributed by atoms with Crippen LogP contribution in [-0.2, 0) is 6.54 Å². The molecule has 1 aromatic heterocycles. The molecule has 4 heteroatoms. The average molecular weight is 247 g/mol. The van der Waals surface area contributed by atoms with Gasteiger partial charge < -0.3 is 5.73 Å². The highest BCUT2D eigenvalue weighted by atomic mass is 19.1. The maximum absolute atomic E-state index is 13.6. The maximum Gasteiger partial charge on any atom is 0.128 e. The molecule has 0 spiro atoms. The summed E-state index contributed by atoms with van der Waals surface area (Å²) in [6, 6.07) is 6.70. The molecule has 1 aromatic carbocycles. The summed E-state index contributed by atoms with van der Waals surface area (Å²) in [5.74, 6) is -0.201. The second-order valence-corrected chi connectivity index (χ2v) is 4.62. The van der Waals surface area contributed by atoms with E-state index in [0.29, 0.717) is 12.1 Å². The van der Waals surface area contributed by atoms with Crippen molar-refractivity contribution in [1.29, 1.82) is 0 Å². The lowest BCUT2D eigenvalue weighted by Gasteiger charge is -2.08. The maximum atomic E-state index is 13.6. The molecule has 0 bridgehead atoms. The smallest absolute Gasteiger partial charge is 0.128 e. The van der Waals surface area contributed by atoms with Gasteiger partial charge in [-0.2, -0.15) is 5.10 Å². The molecule has 96 valence electrons. The summed E-state index contributed by atoms with van der Waals surface area (Å²) >= 11 is 0. The first-order valence-corrected chi connectivity index (χ1v) is 6.03. The van der Waals surface area contributed by atoms with Crippen molar-refractivity contribution in [3.05, 3.63) is 52.6 Å². The molecule has 2 rings (SSSR count). The Balaban J connectivity index is 2.36. The first-order chi connectivity index (χ1) is 8.50. The number of aryl methyl sites for hydroxylation is 1. The zero-order valence-corrected chi connectivity index (χ0v) is 10.9. The fourth-order valence-corrected chi connectivity index (χ4v) is 2.31. The molecule has 2 aromatic rings. The molecule has 2 N–H and O–H groups in total. The van der Waals surface area contributed by atoms with Gasteiger partial charge in [-0.3, -0.25) is 4.68 Å². The van der Waals surface area contributed by atoms with E-state index >= 15 is 0 Å². The van der Waals surface area contributed by atoms with E-state index in [9.17, 15) is 4.39 Å². The van der Waals surface area contributed by atoms with E-state index in [1.165, 1.54) is 6.07 Å². The second-order valence-electron chi connectivity index (χ2n) is 4.62. The second kappa shape index (κ2) is 4.90. The van der Waals surface area contributed by atoms with Gasteiger partial charge >= 0.3 is 0 Å². The lowest BCUT2D eigenvalue weighted by atomic mass is 10.1. The first-order valence-electron chi connectivity index (χ1n) is 6.03. The molecule has 1 heterocycles. The van der Waals surface area contributed by atoms with Crippen LogP contribution in [0.2, 0.25) is 0 Å². The topological polar surface area (TPSA) is 43.8 Å². The van der Waals surface area contributed by atoms with Crippen LogP contribution in [-0.4, -0.2) is 9.78 Å². The zero-order chi connectivity index (χ0) is 13.3. The third-order valence-corrected chi connectivity index (χ3v) is 3.17. The highest BCUT2D eigenvalue weighted by Crippen LogP contribution is 2.20. The number of hydrogen-bond acceptors (Lipinski definition) is 2. The quantitative estimate of drug-likeness (QED) is 0.906. The monoisotopic (exact) mass is 247 g/mol. The van der Waals surface area contributed by atoms with Crippen molar-refractivity contribution in [2.45, 2.75) is 33.4 Å². The standard InChI is InChI=1S/C14H18FN3/c1-9(16)14-10(2)17-18(11(14)3)8-12-6-4-5-7-13(12)15/h4-7,9H,8,16H2,1-3H3. The Morgan fingerprint density at radius 3 is 2.56 bits per heavy atom. The van der Waals surface area contributed by atoms with Crippen LogP contribution in [0.3, 0.4) is 0 Å². The summed E-state index contributed by atoms with van der Waals surface area (Å²) in [7, 11) is 0. The van der Waals surface area contributed by atoms with E-state index in [2.05, 4.69) is 5.10 Å². The Hall–Kier alpha value is -1.68. The highest BCUT2D eigenvalue weighted by Gasteiger charge is 2.15. The van der Waals surface area contributed by atoms with Gasteiger partial charge in [0, 0.05) is 22.9 Å². The highest BCUT2D eigenvalue weighted by molar-refractivity contribution is 5.28. The minimum Gasteiger partial charge on any atom is -0.324 e. The molecule has 1 atom stereocenters.